The average molecular weight is 703 g/mol. The first-order valence-electron chi connectivity index (χ1n) is 16.4. The molecule has 0 bridgehead atoms. The number of hydrogen-bond acceptors (Lipinski definition) is 8. The van der Waals surface area contributed by atoms with Crippen LogP contribution in [0.3, 0.4) is 0 Å². The maximum Gasteiger partial charge on any atom is 0.432 e. The number of hydrogen-bond donors (Lipinski definition) is 1. The van der Waals surface area contributed by atoms with Gasteiger partial charge in [0.15, 0.2) is 11.9 Å². The molecule has 0 aromatic heterocycles. The van der Waals surface area contributed by atoms with Crippen LogP contribution in [0.5, 0.6) is 11.5 Å². The molecule has 2 aromatic rings. The van der Waals surface area contributed by atoms with Crippen LogP contribution in [0, 0.1) is 5.92 Å². The van der Waals surface area contributed by atoms with E-state index in [1.807, 2.05) is 19.9 Å². The third-order valence-corrected chi connectivity index (χ3v) is 8.38. The smallest absolute Gasteiger partial charge is 0.432 e. The van der Waals surface area contributed by atoms with Gasteiger partial charge in [-0.3, -0.25) is 9.59 Å². The summed E-state index contributed by atoms with van der Waals surface area (Å²) in [6, 6.07) is 11.0. The number of esters is 2. The first-order valence-corrected chi connectivity index (χ1v) is 16.4. The van der Waals surface area contributed by atoms with E-state index in [4.69, 9.17) is 18.9 Å². The highest BCUT2D eigenvalue weighted by Gasteiger charge is 2.64. The van der Waals surface area contributed by atoms with Crippen molar-refractivity contribution in [2.45, 2.75) is 96.6 Å². The van der Waals surface area contributed by atoms with E-state index in [1.54, 1.807) is 32.9 Å². The molecular weight excluding hydrogens is 653 g/mol. The van der Waals surface area contributed by atoms with Gasteiger partial charge >= 0.3 is 18.1 Å². The fraction of sp³-hybridized carbons (Fsp3) is 0.462. The zero-order valence-electron chi connectivity index (χ0n) is 29.9. The fourth-order valence-electron chi connectivity index (χ4n) is 5.45. The summed E-state index contributed by atoms with van der Waals surface area (Å²) in [6.45, 7) is 12.7. The van der Waals surface area contributed by atoms with Gasteiger partial charge in [-0.25, -0.2) is 4.79 Å². The van der Waals surface area contributed by atoms with E-state index in [-0.39, 0.29) is 12.2 Å². The maximum absolute atomic E-state index is 14.5. The highest BCUT2D eigenvalue weighted by atomic mass is 19.4. The number of allylic oxidation sites excluding steroid dienone is 3. The first kappa shape index (κ1) is 41.8. The van der Waals surface area contributed by atoms with Gasteiger partial charge in [-0.05, 0) is 90.2 Å². The summed E-state index contributed by atoms with van der Waals surface area (Å²) in [4.78, 5) is 38.4. The molecule has 11 heteroatoms. The molecule has 0 aliphatic heterocycles. The summed E-state index contributed by atoms with van der Waals surface area (Å²) < 4.78 is 64.8. The van der Waals surface area contributed by atoms with Gasteiger partial charge in [0.25, 0.3) is 5.60 Å². The van der Waals surface area contributed by atoms with E-state index in [0.717, 1.165) is 24.8 Å². The van der Waals surface area contributed by atoms with Crippen molar-refractivity contribution in [3.8, 4) is 11.5 Å². The summed E-state index contributed by atoms with van der Waals surface area (Å²) in [6.07, 6.45) is 1.03. The van der Waals surface area contributed by atoms with E-state index < -0.39 is 52.7 Å². The van der Waals surface area contributed by atoms with Gasteiger partial charge in [0.1, 0.15) is 17.1 Å². The van der Waals surface area contributed by atoms with Crippen LogP contribution in [-0.2, 0) is 40.6 Å². The summed E-state index contributed by atoms with van der Waals surface area (Å²) >= 11 is 0. The zero-order chi connectivity index (χ0) is 37.7. The number of benzene rings is 2. The van der Waals surface area contributed by atoms with Gasteiger partial charge in [0, 0.05) is 24.2 Å². The Hall–Kier alpha value is -4.38. The van der Waals surface area contributed by atoms with Crippen molar-refractivity contribution in [3.05, 3.63) is 95.6 Å². The minimum Gasteiger partial charge on any atom is -0.508 e. The number of carbonyl (C=O) groups excluding carboxylic acids is 3. The second-order valence-corrected chi connectivity index (χ2v) is 12.8. The molecule has 0 radical (unpaired) electrons. The van der Waals surface area contributed by atoms with Crippen molar-refractivity contribution in [3.63, 3.8) is 0 Å². The van der Waals surface area contributed by atoms with Crippen LogP contribution < -0.4 is 4.74 Å². The third-order valence-electron chi connectivity index (χ3n) is 8.38. The predicted octanol–water partition coefficient (Wildman–Crippen LogP) is 8.52. The second-order valence-electron chi connectivity index (χ2n) is 12.8. The van der Waals surface area contributed by atoms with E-state index in [1.165, 1.54) is 43.5 Å². The average Bonchev–Trinajstić information content (AvgIpc) is 3.04. The molecule has 0 heterocycles. The molecule has 50 heavy (non-hydrogen) atoms. The molecule has 1 N–H and O–H groups in total. The molecule has 0 fully saturated rings. The Kier molecular flexibility index (Phi) is 15.5. The minimum absolute atomic E-state index is 0.00759. The number of phenols is 1. The molecule has 274 valence electrons. The summed E-state index contributed by atoms with van der Waals surface area (Å²) in [5.74, 6) is -2.98. The molecular formula is C39H49F3O8. The standard InChI is InChI=1S/C39H49F3O8/c1-9-37(6,50-33-21-20-31(43)24-29(33)25-34(45)47-7)22-14-16-27(4)15-13-17-28(5)35(32(44)23-26(2)3)49-36(46)38(48-8,39(40,41)42)30-18-11-10-12-19-30/h9-12,16,18-21,23-24,28,35,43H,1,13-15,17,22,25H2,2-8H3/b27-16+/t28?,35-,37?,38+/m1/s1. The highest BCUT2D eigenvalue weighted by Crippen LogP contribution is 2.43. The second kappa shape index (κ2) is 18.6. The van der Waals surface area contributed by atoms with E-state index >= 15 is 0 Å². The van der Waals surface area contributed by atoms with Crippen LogP contribution in [-0.4, -0.2) is 54.9 Å². The zero-order valence-corrected chi connectivity index (χ0v) is 29.9. The van der Waals surface area contributed by atoms with Crippen LogP contribution in [0.25, 0.3) is 0 Å². The molecule has 0 amide bonds. The number of methoxy groups -OCH3 is 2. The van der Waals surface area contributed by atoms with Crippen LogP contribution in [0.1, 0.15) is 77.8 Å². The number of alkyl halides is 3. The largest absolute Gasteiger partial charge is 0.508 e. The van der Waals surface area contributed by atoms with Crippen molar-refractivity contribution in [1.29, 1.82) is 0 Å². The monoisotopic (exact) mass is 702 g/mol. The number of aromatic hydroxyl groups is 1. The van der Waals surface area contributed by atoms with Crippen molar-refractivity contribution in [2.24, 2.45) is 5.92 Å². The molecule has 8 nitrogen and oxygen atoms in total. The molecule has 0 aliphatic rings. The molecule has 2 rings (SSSR count). The SMILES string of the molecule is C=CC(C)(CC/C=C(\C)CCCC(C)[C@@H](OC(=O)[C@@](OC)(c1ccccc1)C(F)(F)F)C(=O)C=C(C)C)Oc1ccc(O)cc1CC(=O)OC. The molecule has 2 aromatic carbocycles. The van der Waals surface area contributed by atoms with E-state index in [2.05, 4.69) is 6.58 Å². The molecule has 0 saturated carbocycles. The lowest BCUT2D eigenvalue weighted by atomic mass is 9.90. The van der Waals surface area contributed by atoms with E-state index in [0.29, 0.717) is 49.0 Å². The Bertz CT molecular complexity index is 1530. The molecule has 2 unspecified atom stereocenters. The van der Waals surface area contributed by atoms with Crippen LogP contribution in [0.2, 0.25) is 0 Å². The van der Waals surface area contributed by atoms with Crippen molar-refractivity contribution < 1.29 is 51.6 Å². The normalized spacial score (nSPS) is 15.4. The maximum atomic E-state index is 14.5. The van der Waals surface area contributed by atoms with Crippen molar-refractivity contribution in [1.82, 2.24) is 0 Å². The first-order chi connectivity index (χ1) is 23.4. The quantitative estimate of drug-likeness (QED) is 0.0882. The Labute approximate surface area is 293 Å². The number of ether oxygens (including phenoxy) is 4. The lowest BCUT2D eigenvalue weighted by Crippen LogP contribution is -2.53. The van der Waals surface area contributed by atoms with Gasteiger partial charge in [-0.1, -0.05) is 61.1 Å². The molecule has 0 saturated heterocycles. The van der Waals surface area contributed by atoms with Gasteiger partial charge < -0.3 is 24.1 Å². The third kappa shape index (κ3) is 11.3. The van der Waals surface area contributed by atoms with Gasteiger partial charge in [-0.2, -0.15) is 13.2 Å². The van der Waals surface area contributed by atoms with Gasteiger partial charge in [0.05, 0.1) is 13.5 Å². The van der Waals surface area contributed by atoms with Crippen LogP contribution in [0.4, 0.5) is 13.2 Å². The van der Waals surface area contributed by atoms with Gasteiger partial charge in [0.2, 0.25) is 0 Å². The number of carbonyl (C=O) groups is 3. The summed E-state index contributed by atoms with van der Waals surface area (Å²) in [5, 5.41) is 9.91. The number of ketones is 1. The van der Waals surface area contributed by atoms with E-state index in [9.17, 15) is 32.7 Å². The van der Waals surface area contributed by atoms with Crippen LogP contribution >= 0.6 is 0 Å². The Morgan fingerprint density at radius 3 is 2.24 bits per heavy atom. The van der Waals surface area contributed by atoms with Gasteiger partial charge in [-0.15, -0.1) is 0 Å². The topological polar surface area (TPSA) is 108 Å². The summed E-state index contributed by atoms with van der Waals surface area (Å²) in [5.41, 5.74) is -2.54. The van der Waals surface area contributed by atoms with Crippen LogP contribution in [0.15, 0.2) is 84.5 Å². The number of halogens is 3. The predicted molar refractivity (Wildman–Crippen MR) is 185 cm³/mol. The Morgan fingerprint density at radius 2 is 1.68 bits per heavy atom. The minimum atomic E-state index is -5.17. The van der Waals surface area contributed by atoms with Crippen molar-refractivity contribution >= 4 is 17.7 Å². The number of phenolic OH excluding ortho intramolecular Hbond substituents is 1. The molecule has 0 spiro atoms. The number of rotatable bonds is 19. The molecule has 0 aliphatic carbocycles. The lowest BCUT2D eigenvalue weighted by molar-refractivity contribution is -0.278. The Balaban J connectivity index is 2.13. The Morgan fingerprint density at radius 1 is 1.02 bits per heavy atom. The summed E-state index contributed by atoms with van der Waals surface area (Å²) in [7, 11) is 2.06. The van der Waals surface area contributed by atoms with Crippen molar-refractivity contribution in [2.75, 3.05) is 14.2 Å². The molecule has 4 atom stereocenters. The highest BCUT2D eigenvalue weighted by molar-refractivity contribution is 5.96. The fourth-order valence-corrected chi connectivity index (χ4v) is 5.45. The lowest BCUT2D eigenvalue weighted by Gasteiger charge is -2.34.